The Kier molecular flexibility index (Phi) is 4.79. The van der Waals surface area contributed by atoms with E-state index in [1.807, 2.05) is 43.6 Å². The van der Waals surface area contributed by atoms with Gasteiger partial charge in [0.2, 0.25) is 0 Å². The molecule has 4 heterocycles. The minimum Gasteiger partial charge on any atom is -0.383 e. The number of nitrogens with zero attached hydrogens (tertiary/aromatic N) is 4. The fourth-order valence-corrected chi connectivity index (χ4v) is 4.73. The molecule has 7 heteroatoms. The predicted molar refractivity (Wildman–Crippen MR) is 112 cm³/mol. The molecule has 2 fully saturated rings. The molecule has 0 saturated carbocycles. The maximum absolute atomic E-state index is 13.1. The van der Waals surface area contributed by atoms with Gasteiger partial charge in [0.05, 0.1) is 18.4 Å². The van der Waals surface area contributed by atoms with Crippen LogP contribution >= 0.6 is 0 Å². The summed E-state index contributed by atoms with van der Waals surface area (Å²) in [6.07, 6.45) is 5.86. The highest BCUT2D eigenvalue weighted by Gasteiger charge is 2.40. The third-order valence-electron chi connectivity index (χ3n) is 6.43. The van der Waals surface area contributed by atoms with Gasteiger partial charge in [-0.25, -0.2) is 9.97 Å². The predicted octanol–water partition coefficient (Wildman–Crippen LogP) is 2.82. The summed E-state index contributed by atoms with van der Waals surface area (Å²) in [5.74, 6) is -0.116. The van der Waals surface area contributed by atoms with E-state index in [1.165, 1.54) is 0 Å². The Balaban J connectivity index is 1.37. The van der Waals surface area contributed by atoms with Crippen LogP contribution in [0.25, 0.3) is 11.2 Å². The molecule has 2 aromatic heterocycles. The second kappa shape index (κ2) is 7.49. The lowest BCUT2D eigenvalue weighted by atomic mass is 9.89. The molecule has 156 valence electrons. The molecule has 2 aliphatic rings. The van der Waals surface area contributed by atoms with Gasteiger partial charge in [-0.15, -0.1) is 0 Å². The molecule has 5 rings (SSSR count). The number of aliphatic hydroxyl groups is 1. The summed E-state index contributed by atoms with van der Waals surface area (Å²) in [6.45, 7) is 4.28. The van der Waals surface area contributed by atoms with Crippen molar-refractivity contribution in [1.82, 2.24) is 19.4 Å². The van der Waals surface area contributed by atoms with Gasteiger partial charge < -0.3 is 19.3 Å². The van der Waals surface area contributed by atoms with E-state index < -0.39 is 5.60 Å². The van der Waals surface area contributed by atoms with E-state index in [0.717, 1.165) is 48.3 Å². The number of ether oxygens (including phenoxy) is 1. The van der Waals surface area contributed by atoms with E-state index in [1.54, 1.807) is 11.1 Å². The van der Waals surface area contributed by atoms with Crippen molar-refractivity contribution in [1.29, 1.82) is 0 Å². The number of hydrogen-bond acceptors (Lipinski definition) is 5. The number of benzene rings is 1. The molecule has 1 atom stereocenters. The molecule has 0 aliphatic carbocycles. The lowest BCUT2D eigenvalue weighted by Gasteiger charge is -2.25. The Morgan fingerprint density at radius 1 is 1.23 bits per heavy atom. The monoisotopic (exact) mass is 406 g/mol. The third-order valence-corrected chi connectivity index (χ3v) is 6.43. The summed E-state index contributed by atoms with van der Waals surface area (Å²) >= 11 is 0. The van der Waals surface area contributed by atoms with Crippen LogP contribution in [0.1, 0.15) is 46.8 Å². The van der Waals surface area contributed by atoms with Gasteiger partial charge in [0.25, 0.3) is 5.91 Å². The van der Waals surface area contributed by atoms with E-state index in [-0.39, 0.29) is 12.5 Å². The number of rotatable bonds is 3. The Morgan fingerprint density at radius 2 is 2.03 bits per heavy atom. The minimum absolute atomic E-state index is 0.116. The van der Waals surface area contributed by atoms with Gasteiger partial charge in [0, 0.05) is 32.0 Å². The van der Waals surface area contributed by atoms with Crippen LogP contribution in [0.15, 0.2) is 42.9 Å². The average molecular weight is 406 g/mol. The van der Waals surface area contributed by atoms with Crippen LogP contribution in [0.2, 0.25) is 0 Å². The van der Waals surface area contributed by atoms with Gasteiger partial charge >= 0.3 is 0 Å². The van der Waals surface area contributed by atoms with Crippen molar-refractivity contribution in [2.75, 3.05) is 26.3 Å². The van der Waals surface area contributed by atoms with E-state index in [2.05, 4.69) is 14.5 Å². The second-order valence-corrected chi connectivity index (χ2v) is 8.39. The normalized spacial score (nSPS) is 22.7. The molecule has 1 aromatic carbocycles. The molecular weight excluding hydrogens is 380 g/mol. The van der Waals surface area contributed by atoms with Crippen LogP contribution in [0.3, 0.4) is 0 Å². The van der Waals surface area contributed by atoms with Crippen LogP contribution in [0.5, 0.6) is 0 Å². The first kappa shape index (κ1) is 19.2. The Bertz CT molecular complexity index is 1090. The minimum atomic E-state index is -1.01. The van der Waals surface area contributed by atoms with Crippen LogP contribution in [-0.2, 0) is 10.3 Å². The Labute approximate surface area is 175 Å². The van der Waals surface area contributed by atoms with Crippen molar-refractivity contribution >= 4 is 17.1 Å². The van der Waals surface area contributed by atoms with Crippen LogP contribution in [0.4, 0.5) is 0 Å². The van der Waals surface area contributed by atoms with Gasteiger partial charge in [-0.2, -0.15) is 0 Å². The molecule has 1 unspecified atom stereocenters. The largest absolute Gasteiger partial charge is 0.383 e. The summed E-state index contributed by atoms with van der Waals surface area (Å²) in [5.41, 5.74) is 2.95. The van der Waals surface area contributed by atoms with E-state index in [9.17, 15) is 9.90 Å². The fraction of sp³-hybridized carbons (Fsp3) is 0.435. The zero-order valence-corrected chi connectivity index (χ0v) is 17.1. The molecule has 1 amide bonds. The number of aryl methyl sites for hydroxylation is 1. The Hall–Kier alpha value is -2.77. The lowest BCUT2D eigenvalue weighted by molar-refractivity contribution is 0.0412. The smallest absolute Gasteiger partial charge is 0.255 e. The molecule has 3 aromatic rings. The molecule has 1 N–H and O–H groups in total. The molecule has 0 radical (unpaired) electrons. The number of β-amino-alcohol motifs (C(OH)–C–C–N with tert-alkyl or cyclic N) is 1. The first-order valence-electron chi connectivity index (χ1n) is 10.5. The average Bonchev–Trinajstić information content (AvgIpc) is 3.38. The van der Waals surface area contributed by atoms with Crippen LogP contribution in [-0.4, -0.2) is 56.8 Å². The van der Waals surface area contributed by atoms with Crippen LogP contribution in [0, 0.1) is 6.92 Å². The van der Waals surface area contributed by atoms with Crippen molar-refractivity contribution < 1.29 is 14.6 Å². The summed E-state index contributed by atoms with van der Waals surface area (Å²) in [7, 11) is 0. The number of carbonyl (C=O) groups excluding carboxylic acids is 1. The maximum Gasteiger partial charge on any atom is 0.255 e. The van der Waals surface area contributed by atoms with Gasteiger partial charge in [-0.1, -0.05) is 24.3 Å². The highest BCUT2D eigenvalue weighted by Crippen LogP contribution is 2.34. The van der Waals surface area contributed by atoms with Gasteiger partial charge in [0.15, 0.2) is 5.65 Å². The van der Waals surface area contributed by atoms with Crippen molar-refractivity contribution in [3.05, 3.63) is 59.5 Å². The number of amides is 1. The summed E-state index contributed by atoms with van der Waals surface area (Å²) in [4.78, 5) is 23.9. The van der Waals surface area contributed by atoms with E-state index >= 15 is 0 Å². The number of aromatic nitrogens is 3. The molecule has 7 nitrogen and oxygen atoms in total. The lowest BCUT2D eigenvalue weighted by Crippen LogP contribution is -2.34. The Morgan fingerprint density at radius 3 is 2.83 bits per heavy atom. The molecule has 2 aliphatic heterocycles. The number of imidazole rings is 1. The fourth-order valence-electron chi connectivity index (χ4n) is 4.73. The first-order chi connectivity index (χ1) is 14.5. The summed E-state index contributed by atoms with van der Waals surface area (Å²) < 4.78 is 7.54. The van der Waals surface area contributed by atoms with Crippen molar-refractivity contribution in [3.8, 4) is 0 Å². The number of likely N-dealkylation sites (tertiary alicyclic amines) is 1. The van der Waals surface area contributed by atoms with Crippen molar-refractivity contribution in [2.24, 2.45) is 0 Å². The van der Waals surface area contributed by atoms with Gasteiger partial charge in [-0.3, -0.25) is 4.79 Å². The van der Waals surface area contributed by atoms with E-state index in [0.29, 0.717) is 24.6 Å². The van der Waals surface area contributed by atoms with E-state index in [4.69, 9.17) is 4.74 Å². The molecule has 2 saturated heterocycles. The SMILES string of the molecule is Cc1ccccc1C1(O)CCN(C(=O)c2cnc3c(c2)ncn3C2CCOCC2)C1. The van der Waals surface area contributed by atoms with Crippen LogP contribution < -0.4 is 0 Å². The second-order valence-electron chi connectivity index (χ2n) is 8.39. The van der Waals surface area contributed by atoms with Crippen molar-refractivity contribution in [3.63, 3.8) is 0 Å². The topological polar surface area (TPSA) is 80.5 Å². The molecule has 0 spiro atoms. The molecule has 0 bridgehead atoms. The number of fused-ring (bicyclic) bond motifs is 1. The highest BCUT2D eigenvalue weighted by molar-refractivity contribution is 5.96. The third kappa shape index (κ3) is 3.28. The first-order valence-corrected chi connectivity index (χ1v) is 10.5. The number of pyridine rings is 1. The quantitative estimate of drug-likeness (QED) is 0.723. The summed E-state index contributed by atoms with van der Waals surface area (Å²) in [5, 5.41) is 11.2. The number of hydrogen-bond donors (Lipinski definition) is 1. The standard InChI is InChI=1S/C23H26N4O3/c1-16-4-2-3-5-19(16)23(29)8-9-26(14-23)22(28)17-12-20-21(24-13-17)27(15-25-20)18-6-10-30-11-7-18/h2-5,12-13,15,18,29H,6-11,14H2,1H3. The summed E-state index contributed by atoms with van der Waals surface area (Å²) in [6, 6.07) is 9.97. The van der Waals surface area contributed by atoms with Gasteiger partial charge in [0.1, 0.15) is 11.1 Å². The number of carbonyl (C=O) groups is 1. The highest BCUT2D eigenvalue weighted by atomic mass is 16.5. The maximum atomic E-state index is 13.1. The van der Waals surface area contributed by atoms with Crippen molar-refractivity contribution in [2.45, 2.75) is 37.8 Å². The molecular formula is C23H26N4O3. The zero-order valence-electron chi connectivity index (χ0n) is 17.1. The van der Waals surface area contributed by atoms with Gasteiger partial charge in [-0.05, 0) is 43.4 Å². The molecule has 30 heavy (non-hydrogen) atoms. The zero-order chi connectivity index (χ0) is 20.7.